The molecule has 0 saturated carbocycles. The van der Waals surface area contributed by atoms with Gasteiger partial charge in [0.1, 0.15) is 0 Å². The number of carbonyl (C=O) groups excluding carboxylic acids is 1. The molecule has 1 amide bonds. The molecule has 23 heavy (non-hydrogen) atoms. The summed E-state index contributed by atoms with van der Waals surface area (Å²) in [5.41, 5.74) is 3.14. The maximum absolute atomic E-state index is 12.2. The van der Waals surface area contributed by atoms with Gasteiger partial charge >= 0.3 is 0 Å². The van der Waals surface area contributed by atoms with Crippen molar-refractivity contribution in [3.8, 4) is 6.07 Å². The molecule has 1 aliphatic rings. The molecule has 1 fully saturated rings. The Hall–Kier alpha value is -2.64. The van der Waals surface area contributed by atoms with Gasteiger partial charge in [-0.1, -0.05) is 12.1 Å². The Balaban J connectivity index is 1.60. The van der Waals surface area contributed by atoms with Crippen LogP contribution >= 0.6 is 0 Å². The Bertz CT molecular complexity index is 708. The maximum Gasteiger partial charge on any atom is 0.255 e. The third-order valence-electron chi connectivity index (χ3n) is 4.09. The van der Waals surface area contributed by atoms with Crippen LogP contribution in [-0.2, 0) is 6.54 Å². The molecule has 1 aliphatic heterocycles. The second-order valence-electron chi connectivity index (χ2n) is 5.82. The van der Waals surface area contributed by atoms with Crippen molar-refractivity contribution >= 4 is 11.6 Å². The van der Waals surface area contributed by atoms with Gasteiger partial charge in [-0.2, -0.15) is 5.26 Å². The van der Waals surface area contributed by atoms with Gasteiger partial charge in [0.15, 0.2) is 0 Å². The van der Waals surface area contributed by atoms with Crippen LogP contribution in [0.5, 0.6) is 0 Å². The molecular weight excluding hydrogens is 286 g/mol. The summed E-state index contributed by atoms with van der Waals surface area (Å²) in [7, 11) is 0. The summed E-state index contributed by atoms with van der Waals surface area (Å²) in [5.74, 6) is -0.165. The normalized spacial score (nSPS) is 14.4. The van der Waals surface area contributed by atoms with E-state index in [0.717, 1.165) is 12.2 Å². The molecule has 1 heterocycles. The number of hydrogen-bond acceptors (Lipinski definition) is 3. The summed E-state index contributed by atoms with van der Waals surface area (Å²) < 4.78 is 0. The second kappa shape index (κ2) is 7.08. The van der Waals surface area contributed by atoms with Crippen molar-refractivity contribution in [3.05, 3.63) is 65.2 Å². The van der Waals surface area contributed by atoms with Gasteiger partial charge in [0.05, 0.1) is 11.6 Å². The predicted molar refractivity (Wildman–Crippen MR) is 90.1 cm³/mol. The zero-order chi connectivity index (χ0) is 16.1. The third kappa shape index (κ3) is 3.97. The first-order valence-corrected chi connectivity index (χ1v) is 7.87. The van der Waals surface area contributed by atoms with Gasteiger partial charge in [-0.05, 0) is 67.9 Å². The Labute approximate surface area is 136 Å². The molecule has 0 spiro atoms. The molecule has 2 aromatic carbocycles. The van der Waals surface area contributed by atoms with E-state index in [0.29, 0.717) is 11.1 Å². The van der Waals surface area contributed by atoms with Gasteiger partial charge in [-0.3, -0.25) is 9.69 Å². The van der Waals surface area contributed by atoms with E-state index in [-0.39, 0.29) is 5.91 Å². The van der Waals surface area contributed by atoms with Crippen LogP contribution in [0.3, 0.4) is 0 Å². The number of amides is 1. The Morgan fingerprint density at radius 2 is 1.70 bits per heavy atom. The van der Waals surface area contributed by atoms with Crippen molar-refractivity contribution in [1.29, 1.82) is 5.26 Å². The van der Waals surface area contributed by atoms with Crippen molar-refractivity contribution in [2.24, 2.45) is 0 Å². The molecule has 0 atom stereocenters. The average Bonchev–Trinajstić information content (AvgIpc) is 3.10. The average molecular weight is 305 g/mol. The summed E-state index contributed by atoms with van der Waals surface area (Å²) >= 11 is 0. The highest BCUT2D eigenvalue weighted by Crippen LogP contribution is 2.16. The Morgan fingerprint density at radius 3 is 2.30 bits per heavy atom. The van der Waals surface area contributed by atoms with Crippen molar-refractivity contribution in [2.45, 2.75) is 19.4 Å². The summed E-state index contributed by atoms with van der Waals surface area (Å²) in [6.07, 6.45) is 2.58. The molecule has 1 saturated heterocycles. The number of hydrogen-bond donors (Lipinski definition) is 1. The fourth-order valence-electron chi connectivity index (χ4n) is 2.79. The first-order chi connectivity index (χ1) is 11.2. The Morgan fingerprint density at radius 1 is 1.04 bits per heavy atom. The largest absolute Gasteiger partial charge is 0.322 e. The highest BCUT2D eigenvalue weighted by atomic mass is 16.1. The minimum atomic E-state index is -0.165. The topological polar surface area (TPSA) is 56.1 Å². The first kappa shape index (κ1) is 15.3. The standard InChI is InChI=1S/C19H19N3O/c20-13-15-3-7-17(8-4-15)19(23)21-18-9-5-16(6-10-18)14-22-11-1-2-12-22/h3-10H,1-2,11-12,14H2,(H,21,23). The van der Waals surface area contributed by atoms with Gasteiger partial charge < -0.3 is 5.32 Å². The molecule has 0 radical (unpaired) electrons. The van der Waals surface area contributed by atoms with Crippen LogP contribution in [0.4, 0.5) is 5.69 Å². The van der Waals surface area contributed by atoms with Crippen LogP contribution in [0, 0.1) is 11.3 Å². The number of likely N-dealkylation sites (tertiary alicyclic amines) is 1. The first-order valence-electron chi connectivity index (χ1n) is 7.87. The second-order valence-corrected chi connectivity index (χ2v) is 5.82. The number of nitrogens with one attached hydrogen (secondary N) is 1. The monoisotopic (exact) mass is 305 g/mol. The van der Waals surface area contributed by atoms with E-state index in [1.165, 1.54) is 31.5 Å². The summed E-state index contributed by atoms with van der Waals surface area (Å²) in [6.45, 7) is 3.33. The smallest absolute Gasteiger partial charge is 0.255 e. The lowest BCUT2D eigenvalue weighted by molar-refractivity contribution is 0.102. The Kier molecular flexibility index (Phi) is 4.70. The zero-order valence-corrected chi connectivity index (χ0v) is 13.0. The lowest BCUT2D eigenvalue weighted by Crippen LogP contribution is -2.18. The van der Waals surface area contributed by atoms with Gasteiger partial charge in [-0.25, -0.2) is 0 Å². The molecule has 1 N–H and O–H groups in total. The molecule has 4 nitrogen and oxygen atoms in total. The molecule has 0 bridgehead atoms. The van der Waals surface area contributed by atoms with E-state index in [1.807, 2.05) is 18.2 Å². The number of carbonyl (C=O) groups is 1. The van der Waals surface area contributed by atoms with E-state index in [9.17, 15) is 4.79 Å². The number of nitrogens with zero attached hydrogens (tertiary/aromatic N) is 2. The lowest BCUT2D eigenvalue weighted by Gasteiger charge is -2.14. The highest BCUT2D eigenvalue weighted by Gasteiger charge is 2.11. The number of nitriles is 1. The van der Waals surface area contributed by atoms with Gasteiger partial charge in [0, 0.05) is 17.8 Å². The van der Waals surface area contributed by atoms with Crippen LogP contribution in [0.15, 0.2) is 48.5 Å². The minimum Gasteiger partial charge on any atom is -0.322 e. The lowest BCUT2D eigenvalue weighted by atomic mass is 10.1. The van der Waals surface area contributed by atoms with Crippen LogP contribution in [0.1, 0.15) is 34.3 Å². The molecule has 2 aromatic rings. The van der Waals surface area contributed by atoms with E-state index >= 15 is 0 Å². The molecule has 3 rings (SSSR count). The fraction of sp³-hybridized carbons (Fsp3) is 0.263. The van der Waals surface area contributed by atoms with Crippen molar-refractivity contribution in [1.82, 2.24) is 4.90 Å². The molecule has 4 heteroatoms. The number of rotatable bonds is 4. The summed E-state index contributed by atoms with van der Waals surface area (Å²) in [4.78, 5) is 14.6. The zero-order valence-electron chi connectivity index (χ0n) is 13.0. The van der Waals surface area contributed by atoms with E-state index in [1.54, 1.807) is 24.3 Å². The molecule has 116 valence electrons. The van der Waals surface area contributed by atoms with Crippen LogP contribution < -0.4 is 5.32 Å². The number of benzene rings is 2. The van der Waals surface area contributed by atoms with E-state index in [4.69, 9.17) is 5.26 Å². The fourth-order valence-corrected chi connectivity index (χ4v) is 2.79. The quantitative estimate of drug-likeness (QED) is 0.942. The van der Waals surface area contributed by atoms with Crippen molar-refractivity contribution < 1.29 is 4.79 Å². The molecule has 0 unspecified atom stereocenters. The number of anilines is 1. The van der Waals surface area contributed by atoms with E-state index < -0.39 is 0 Å². The van der Waals surface area contributed by atoms with Crippen molar-refractivity contribution in [3.63, 3.8) is 0 Å². The maximum atomic E-state index is 12.2. The molecule has 0 aromatic heterocycles. The van der Waals surface area contributed by atoms with Crippen LogP contribution in [0.2, 0.25) is 0 Å². The highest BCUT2D eigenvalue weighted by molar-refractivity contribution is 6.04. The summed E-state index contributed by atoms with van der Waals surface area (Å²) in [5, 5.41) is 11.7. The minimum absolute atomic E-state index is 0.165. The van der Waals surface area contributed by atoms with Crippen LogP contribution in [-0.4, -0.2) is 23.9 Å². The van der Waals surface area contributed by atoms with Gasteiger partial charge in [-0.15, -0.1) is 0 Å². The van der Waals surface area contributed by atoms with Gasteiger partial charge in [0.25, 0.3) is 5.91 Å². The molecule has 0 aliphatic carbocycles. The predicted octanol–water partition coefficient (Wildman–Crippen LogP) is 3.41. The van der Waals surface area contributed by atoms with Crippen molar-refractivity contribution in [2.75, 3.05) is 18.4 Å². The van der Waals surface area contributed by atoms with E-state index in [2.05, 4.69) is 22.3 Å². The van der Waals surface area contributed by atoms with Crippen LogP contribution in [0.25, 0.3) is 0 Å². The summed E-state index contributed by atoms with van der Waals surface area (Å²) in [6, 6.07) is 16.7. The molecular formula is C19H19N3O. The third-order valence-corrected chi connectivity index (χ3v) is 4.09. The SMILES string of the molecule is N#Cc1ccc(C(=O)Nc2ccc(CN3CCCC3)cc2)cc1. The van der Waals surface area contributed by atoms with Gasteiger partial charge in [0.2, 0.25) is 0 Å².